The summed E-state index contributed by atoms with van der Waals surface area (Å²) in [6.45, 7) is 0. The summed E-state index contributed by atoms with van der Waals surface area (Å²) in [4.78, 5) is 68.4. The molecular formula is C8H18Na2O24. The van der Waals surface area contributed by atoms with E-state index in [1.54, 1.807) is 0 Å². The molecule has 34 heavy (non-hydrogen) atoms. The second-order valence-electron chi connectivity index (χ2n) is 2.26. The van der Waals surface area contributed by atoms with Crippen LogP contribution in [0, 0.1) is 0 Å². The molecule has 26 heteroatoms. The Morgan fingerprint density at radius 3 is 0.235 bits per heavy atom. The molecule has 0 aromatic heterocycles. The summed E-state index contributed by atoms with van der Waals surface area (Å²) in [5, 5.41) is 112. The van der Waals surface area contributed by atoms with Crippen LogP contribution in [0.15, 0.2) is 0 Å². The normalized spacial score (nSPS) is 5.65. The van der Waals surface area contributed by atoms with Gasteiger partial charge in [0, 0.05) is 0 Å². The second-order valence-corrected chi connectivity index (χ2v) is 2.26. The molecule has 0 unspecified atom stereocenters. The van der Waals surface area contributed by atoms with Crippen molar-refractivity contribution >= 4 is 49.2 Å². The van der Waals surface area contributed by atoms with Gasteiger partial charge in [-0.1, -0.05) is 0 Å². The third-order valence-electron chi connectivity index (χ3n) is 0. The van der Waals surface area contributed by atoms with E-state index in [-0.39, 0.29) is 62.0 Å². The van der Waals surface area contributed by atoms with Crippen molar-refractivity contribution in [3.8, 4) is 0 Å². The fourth-order valence-electron chi connectivity index (χ4n) is 0. The fourth-order valence-corrected chi connectivity index (χ4v) is 0. The molecule has 0 atom stereocenters. The van der Waals surface area contributed by atoms with Crippen molar-refractivity contribution < 1.29 is 182 Å². The molecule has 16 N–H and O–H groups in total. The SMILES string of the molecule is O=C(O)O.O=C(O)O.O=C(O)O.O=C(O)O.O=C(O)O.O=C(O)O.O=C(O)O.O=C(O)O.[H-].[H-].[Na+].[Na+]. The molecule has 0 saturated heterocycles. The molecule has 0 aliphatic carbocycles. The molecule has 0 radical (unpaired) electrons. The van der Waals surface area contributed by atoms with E-state index in [1.807, 2.05) is 0 Å². The van der Waals surface area contributed by atoms with Gasteiger partial charge in [0.05, 0.1) is 0 Å². The molecule has 196 valence electrons. The van der Waals surface area contributed by atoms with E-state index in [2.05, 4.69) is 0 Å². The standard InChI is InChI=1S/8CH2O3.2Na.2H/c8*2-1(3)4;;;;/h8*(H2,2,3,4);;;;/q;;;;;;;;2*+1;2*-1. The fraction of sp³-hybridized carbons (Fsp3) is 0. The predicted octanol–water partition coefficient (Wildman–Crippen LogP) is -3.99. The van der Waals surface area contributed by atoms with E-state index in [9.17, 15) is 0 Å². The van der Waals surface area contributed by atoms with E-state index in [1.165, 1.54) is 0 Å². The van der Waals surface area contributed by atoms with Crippen LogP contribution in [-0.4, -0.2) is 131 Å². The van der Waals surface area contributed by atoms with E-state index in [0.29, 0.717) is 0 Å². The molecular weight excluding hydrogens is 526 g/mol. The number of carboxylic acid groups (broad SMARTS) is 16. The van der Waals surface area contributed by atoms with Crippen LogP contribution in [0.3, 0.4) is 0 Å². The molecule has 0 fully saturated rings. The summed E-state index contributed by atoms with van der Waals surface area (Å²) in [5.74, 6) is 0. The topological polar surface area (TPSA) is 460 Å². The molecule has 0 aliphatic rings. The summed E-state index contributed by atoms with van der Waals surface area (Å²) in [6.07, 6.45) is -14.7. The maximum atomic E-state index is 8.56. The van der Waals surface area contributed by atoms with Gasteiger partial charge in [0.1, 0.15) is 0 Å². The van der Waals surface area contributed by atoms with Gasteiger partial charge in [-0.05, 0) is 0 Å². The van der Waals surface area contributed by atoms with Crippen LogP contribution in [-0.2, 0) is 0 Å². The smallest absolute Gasteiger partial charge is 1.00 e. The predicted molar refractivity (Wildman–Crippen MR) is 87.5 cm³/mol. The van der Waals surface area contributed by atoms with Gasteiger partial charge in [0.2, 0.25) is 0 Å². The maximum Gasteiger partial charge on any atom is 1.00 e. The van der Waals surface area contributed by atoms with Gasteiger partial charge in [0.25, 0.3) is 0 Å². The minimum Gasteiger partial charge on any atom is -1.00 e. The van der Waals surface area contributed by atoms with Crippen LogP contribution in [0.1, 0.15) is 2.85 Å². The third kappa shape index (κ3) is 1410. The first-order valence-corrected chi connectivity index (χ1v) is 5.21. The Morgan fingerprint density at radius 2 is 0.235 bits per heavy atom. The molecule has 0 amide bonds. The van der Waals surface area contributed by atoms with Crippen molar-refractivity contribution in [2.75, 3.05) is 0 Å². The Morgan fingerprint density at radius 1 is 0.235 bits per heavy atom. The Labute approximate surface area is 230 Å². The van der Waals surface area contributed by atoms with Gasteiger partial charge < -0.3 is 84.6 Å². The van der Waals surface area contributed by atoms with E-state index in [0.717, 1.165) is 0 Å². The monoisotopic (exact) mass is 544 g/mol. The number of carbonyl (C=O) groups is 8. The van der Waals surface area contributed by atoms with Crippen molar-refractivity contribution in [3.05, 3.63) is 0 Å². The van der Waals surface area contributed by atoms with Crippen LogP contribution in [0.25, 0.3) is 0 Å². The molecule has 0 heterocycles. The first-order chi connectivity index (χ1) is 13.9. The third-order valence-corrected chi connectivity index (χ3v) is 0. The Balaban J connectivity index is -0.0000000180. The zero-order valence-electron chi connectivity index (χ0n) is 18.4. The maximum absolute atomic E-state index is 8.56. The van der Waals surface area contributed by atoms with Gasteiger partial charge in [-0.25, -0.2) is 38.4 Å². The molecule has 0 aromatic carbocycles. The van der Waals surface area contributed by atoms with Crippen LogP contribution >= 0.6 is 0 Å². The average molecular weight is 544 g/mol. The largest absolute Gasteiger partial charge is 1.00 e. The minimum atomic E-state index is -1.83. The van der Waals surface area contributed by atoms with Gasteiger partial charge >= 0.3 is 108 Å². The summed E-state index contributed by atoms with van der Waals surface area (Å²) in [5.41, 5.74) is 0. The summed E-state index contributed by atoms with van der Waals surface area (Å²) < 4.78 is 0. The molecule has 0 aliphatic heterocycles. The average Bonchev–Trinajstić information content (AvgIpc) is 2.30. The van der Waals surface area contributed by atoms with Crippen molar-refractivity contribution in [1.82, 2.24) is 0 Å². The van der Waals surface area contributed by atoms with Gasteiger partial charge in [0.15, 0.2) is 0 Å². The van der Waals surface area contributed by atoms with Crippen molar-refractivity contribution in [2.45, 2.75) is 0 Å². The van der Waals surface area contributed by atoms with Crippen molar-refractivity contribution in [1.29, 1.82) is 0 Å². The molecule has 0 rings (SSSR count). The zero-order valence-corrected chi connectivity index (χ0v) is 20.4. The number of hydrogen-bond acceptors (Lipinski definition) is 8. The Kier molecular flexibility index (Phi) is 106. The Bertz CT molecular complexity index is 376. The van der Waals surface area contributed by atoms with E-state index < -0.39 is 49.2 Å². The summed E-state index contributed by atoms with van der Waals surface area (Å²) in [7, 11) is 0. The van der Waals surface area contributed by atoms with Crippen LogP contribution < -0.4 is 59.1 Å². The van der Waals surface area contributed by atoms with Crippen LogP contribution in [0.4, 0.5) is 38.4 Å². The molecule has 0 spiro atoms. The molecule has 0 bridgehead atoms. The summed E-state index contributed by atoms with van der Waals surface area (Å²) >= 11 is 0. The first kappa shape index (κ1) is 63.1. The number of hydrogen-bond donors (Lipinski definition) is 16. The van der Waals surface area contributed by atoms with Crippen LogP contribution in [0.5, 0.6) is 0 Å². The molecule has 0 aromatic rings. The minimum absolute atomic E-state index is 0. The zero-order chi connectivity index (χ0) is 28.6. The van der Waals surface area contributed by atoms with E-state index in [4.69, 9.17) is 120 Å². The number of rotatable bonds is 0. The first-order valence-electron chi connectivity index (χ1n) is 5.21. The van der Waals surface area contributed by atoms with Crippen molar-refractivity contribution in [3.63, 3.8) is 0 Å². The van der Waals surface area contributed by atoms with E-state index >= 15 is 0 Å². The van der Waals surface area contributed by atoms with Crippen molar-refractivity contribution in [2.24, 2.45) is 0 Å². The Hall–Kier alpha value is -3.84. The molecule has 24 nitrogen and oxygen atoms in total. The van der Waals surface area contributed by atoms with Gasteiger partial charge in [-0.15, -0.1) is 0 Å². The summed E-state index contributed by atoms with van der Waals surface area (Å²) in [6, 6.07) is 0. The molecule has 0 saturated carbocycles. The van der Waals surface area contributed by atoms with Gasteiger partial charge in [-0.3, -0.25) is 0 Å². The quantitative estimate of drug-likeness (QED) is 0.129. The van der Waals surface area contributed by atoms with Gasteiger partial charge in [-0.2, -0.15) is 0 Å². The van der Waals surface area contributed by atoms with Crippen LogP contribution in [0.2, 0.25) is 0 Å². The second kappa shape index (κ2) is 56.9.